The molecule has 7 nitrogen and oxygen atoms in total. The summed E-state index contributed by atoms with van der Waals surface area (Å²) < 4.78 is 5.19. The van der Waals surface area contributed by atoms with Gasteiger partial charge in [0.1, 0.15) is 28.2 Å². The highest BCUT2D eigenvalue weighted by Gasteiger charge is 2.17. The Labute approximate surface area is 169 Å². The first-order valence-electron chi connectivity index (χ1n) is 8.59. The van der Waals surface area contributed by atoms with E-state index in [0.29, 0.717) is 29.2 Å². The Bertz CT molecular complexity index is 1180. The van der Waals surface area contributed by atoms with E-state index >= 15 is 0 Å². The molecule has 8 heteroatoms. The van der Waals surface area contributed by atoms with Gasteiger partial charge in [0.15, 0.2) is 0 Å². The zero-order valence-electron chi connectivity index (χ0n) is 15.0. The Morgan fingerprint density at radius 1 is 1.28 bits per heavy atom. The second kappa shape index (κ2) is 7.96. The second-order valence-corrected chi connectivity index (χ2v) is 6.99. The SMILES string of the molecule is N#Cc1c(-c2ccoc2)cc(-c2nccs2)nc1NCc1ccc(C(=O)O)cc1. The van der Waals surface area contributed by atoms with E-state index in [1.165, 1.54) is 11.3 Å². The van der Waals surface area contributed by atoms with E-state index < -0.39 is 5.97 Å². The number of thiazole rings is 1. The van der Waals surface area contributed by atoms with Gasteiger partial charge in [-0.3, -0.25) is 0 Å². The molecular formula is C21H14N4O3S. The van der Waals surface area contributed by atoms with Gasteiger partial charge in [0.25, 0.3) is 0 Å². The number of rotatable bonds is 6. The van der Waals surface area contributed by atoms with Gasteiger partial charge in [-0.25, -0.2) is 14.8 Å². The van der Waals surface area contributed by atoms with E-state index in [2.05, 4.69) is 21.4 Å². The van der Waals surface area contributed by atoms with Crippen molar-refractivity contribution in [2.45, 2.75) is 6.54 Å². The second-order valence-electron chi connectivity index (χ2n) is 6.10. The highest BCUT2D eigenvalue weighted by Crippen LogP contribution is 2.33. The first-order chi connectivity index (χ1) is 14.2. The maximum atomic E-state index is 11.0. The lowest BCUT2D eigenvalue weighted by Crippen LogP contribution is -2.06. The van der Waals surface area contributed by atoms with Crippen LogP contribution < -0.4 is 5.32 Å². The zero-order chi connectivity index (χ0) is 20.2. The van der Waals surface area contributed by atoms with Crippen LogP contribution in [-0.4, -0.2) is 21.0 Å². The van der Waals surface area contributed by atoms with E-state index in [0.717, 1.165) is 16.1 Å². The van der Waals surface area contributed by atoms with Crippen molar-refractivity contribution in [1.82, 2.24) is 9.97 Å². The van der Waals surface area contributed by atoms with Gasteiger partial charge in [-0.05, 0) is 29.8 Å². The molecule has 0 saturated carbocycles. The number of hydrogen-bond donors (Lipinski definition) is 2. The number of hydrogen-bond acceptors (Lipinski definition) is 7. The van der Waals surface area contributed by atoms with E-state index in [9.17, 15) is 10.1 Å². The predicted molar refractivity (Wildman–Crippen MR) is 108 cm³/mol. The zero-order valence-corrected chi connectivity index (χ0v) is 15.8. The summed E-state index contributed by atoms with van der Waals surface area (Å²) >= 11 is 1.46. The van der Waals surface area contributed by atoms with E-state index in [1.54, 1.807) is 49.1 Å². The Balaban J connectivity index is 1.71. The van der Waals surface area contributed by atoms with Gasteiger partial charge < -0.3 is 14.8 Å². The predicted octanol–water partition coefficient (Wildman–Crippen LogP) is 4.65. The number of anilines is 1. The van der Waals surface area contributed by atoms with Crippen molar-refractivity contribution in [1.29, 1.82) is 5.26 Å². The van der Waals surface area contributed by atoms with Crippen molar-refractivity contribution >= 4 is 23.1 Å². The Morgan fingerprint density at radius 3 is 2.72 bits per heavy atom. The standard InChI is InChI=1S/C21H14N4O3S/c22-10-17-16(15-5-7-28-12-15)9-18(20-23-6-8-29-20)25-19(17)24-11-13-1-3-14(4-2-13)21(26)27/h1-9,12H,11H2,(H,24,25)(H,26,27). The molecule has 3 aromatic heterocycles. The fourth-order valence-corrected chi connectivity index (χ4v) is 3.44. The molecule has 0 unspecified atom stereocenters. The molecule has 2 N–H and O–H groups in total. The molecule has 142 valence electrons. The topological polar surface area (TPSA) is 112 Å². The Hall–Kier alpha value is -3.96. The first-order valence-corrected chi connectivity index (χ1v) is 9.47. The molecule has 29 heavy (non-hydrogen) atoms. The van der Waals surface area contributed by atoms with Crippen LogP contribution in [0, 0.1) is 11.3 Å². The fourth-order valence-electron chi connectivity index (χ4n) is 2.84. The summed E-state index contributed by atoms with van der Waals surface area (Å²) in [6, 6.07) is 12.4. The molecule has 0 amide bonds. The van der Waals surface area contributed by atoms with Gasteiger partial charge in [0, 0.05) is 29.2 Å². The molecule has 0 aliphatic carbocycles. The lowest BCUT2D eigenvalue weighted by Gasteiger charge is -2.12. The van der Waals surface area contributed by atoms with Gasteiger partial charge >= 0.3 is 5.97 Å². The number of aromatic carboxylic acids is 1. The molecule has 0 aliphatic rings. The molecule has 3 heterocycles. The number of aromatic nitrogens is 2. The number of nitrogens with one attached hydrogen (secondary N) is 1. The highest BCUT2D eigenvalue weighted by molar-refractivity contribution is 7.13. The number of carboxylic acid groups (broad SMARTS) is 1. The molecule has 0 atom stereocenters. The molecular weight excluding hydrogens is 388 g/mol. The number of nitrogens with zero attached hydrogens (tertiary/aromatic N) is 3. The van der Waals surface area contributed by atoms with Crippen LogP contribution in [-0.2, 0) is 6.54 Å². The van der Waals surface area contributed by atoms with Crippen LogP contribution in [0.25, 0.3) is 21.8 Å². The molecule has 4 aromatic rings. The number of carboxylic acids is 1. The summed E-state index contributed by atoms with van der Waals surface area (Å²) in [6.45, 7) is 0.383. The third-order valence-corrected chi connectivity index (χ3v) is 5.07. The van der Waals surface area contributed by atoms with Crippen LogP contribution in [0.4, 0.5) is 5.82 Å². The average Bonchev–Trinajstić information content (AvgIpc) is 3.46. The number of furan rings is 1. The third kappa shape index (κ3) is 3.85. The smallest absolute Gasteiger partial charge is 0.335 e. The lowest BCUT2D eigenvalue weighted by molar-refractivity contribution is 0.0697. The van der Waals surface area contributed by atoms with Gasteiger partial charge in [-0.15, -0.1) is 11.3 Å². The first kappa shape index (κ1) is 18.4. The van der Waals surface area contributed by atoms with Gasteiger partial charge in [-0.1, -0.05) is 12.1 Å². The third-order valence-electron chi connectivity index (χ3n) is 4.28. The summed E-state index contributed by atoms with van der Waals surface area (Å²) in [7, 11) is 0. The molecule has 0 fully saturated rings. The summed E-state index contributed by atoms with van der Waals surface area (Å²) in [4.78, 5) is 19.9. The van der Waals surface area contributed by atoms with Crippen LogP contribution >= 0.6 is 11.3 Å². The highest BCUT2D eigenvalue weighted by atomic mass is 32.1. The molecule has 0 aliphatic heterocycles. The van der Waals surface area contributed by atoms with E-state index in [4.69, 9.17) is 9.52 Å². The quantitative estimate of drug-likeness (QED) is 0.483. The molecule has 0 radical (unpaired) electrons. The minimum Gasteiger partial charge on any atom is -0.478 e. The number of benzene rings is 1. The summed E-state index contributed by atoms with van der Waals surface area (Å²) in [5, 5.41) is 24.6. The van der Waals surface area contributed by atoms with Gasteiger partial charge in [0.2, 0.25) is 0 Å². The molecule has 0 spiro atoms. The van der Waals surface area contributed by atoms with Crippen molar-refractivity contribution < 1.29 is 14.3 Å². The van der Waals surface area contributed by atoms with Crippen molar-refractivity contribution in [2.75, 3.05) is 5.32 Å². The average molecular weight is 402 g/mol. The largest absolute Gasteiger partial charge is 0.478 e. The fraction of sp³-hybridized carbons (Fsp3) is 0.0476. The molecule has 0 saturated heterocycles. The van der Waals surface area contributed by atoms with Crippen molar-refractivity contribution in [3.63, 3.8) is 0 Å². The maximum Gasteiger partial charge on any atom is 0.335 e. The lowest BCUT2D eigenvalue weighted by atomic mass is 10.0. The molecule has 0 bridgehead atoms. The number of carbonyl (C=O) groups is 1. The van der Waals surface area contributed by atoms with Crippen molar-refractivity contribution in [3.8, 4) is 27.9 Å². The van der Waals surface area contributed by atoms with Gasteiger partial charge in [-0.2, -0.15) is 5.26 Å². The van der Waals surface area contributed by atoms with Crippen molar-refractivity contribution in [3.05, 3.63) is 77.2 Å². The molecule has 1 aromatic carbocycles. The summed E-state index contributed by atoms with van der Waals surface area (Å²) in [5.74, 6) is -0.544. The summed E-state index contributed by atoms with van der Waals surface area (Å²) in [6.07, 6.45) is 4.84. The minimum atomic E-state index is -0.973. The summed E-state index contributed by atoms with van der Waals surface area (Å²) in [5.41, 5.74) is 3.61. The number of pyridine rings is 1. The number of nitriles is 1. The Morgan fingerprint density at radius 2 is 2.10 bits per heavy atom. The molecule has 4 rings (SSSR count). The van der Waals surface area contributed by atoms with Crippen LogP contribution in [0.5, 0.6) is 0 Å². The van der Waals surface area contributed by atoms with Crippen molar-refractivity contribution in [2.24, 2.45) is 0 Å². The van der Waals surface area contributed by atoms with Gasteiger partial charge in [0.05, 0.1) is 18.1 Å². The monoisotopic (exact) mass is 402 g/mol. The van der Waals surface area contributed by atoms with Crippen LogP contribution in [0.3, 0.4) is 0 Å². The maximum absolute atomic E-state index is 11.0. The van der Waals surface area contributed by atoms with E-state index in [1.807, 2.05) is 11.4 Å². The van der Waals surface area contributed by atoms with E-state index in [-0.39, 0.29) is 5.56 Å². The van der Waals surface area contributed by atoms with Crippen LogP contribution in [0.2, 0.25) is 0 Å². The normalized spacial score (nSPS) is 10.4. The van der Waals surface area contributed by atoms with Crippen LogP contribution in [0.15, 0.2) is 64.9 Å². The van der Waals surface area contributed by atoms with Crippen LogP contribution in [0.1, 0.15) is 21.5 Å². The minimum absolute atomic E-state index is 0.220. The Kier molecular flexibility index (Phi) is 5.05.